The molecule has 0 atom stereocenters. The van der Waals surface area contributed by atoms with Crippen molar-refractivity contribution in [2.75, 3.05) is 33.9 Å². The number of aromatic nitrogens is 1. The van der Waals surface area contributed by atoms with Crippen molar-refractivity contribution in [3.05, 3.63) is 75.2 Å². The number of amides is 2. The van der Waals surface area contributed by atoms with Gasteiger partial charge in [0.1, 0.15) is 22.2 Å². The molecule has 2 amide bonds. The second-order valence-electron chi connectivity index (χ2n) is 9.49. The highest BCUT2D eigenvalue weighted by Crippen LogP contribution is 2.30. The molecule has 3 aromatic rings. The molecule has 2 heterocycles. The van der Waals surface area contributed by atoms with E-state index >= 15 is 0 Å². The number of thiazole rings is 1. The summed E-state index contributed by atoms with van der Waals surface area (Å²) < 4.78 is 39.3. The third-order valence-corrected chi connectivity index (χ3v) is 9.08. The first-order chi connectivity index (χ1) is 19.2. The maximum atomic E-state index is 13.7. The largest absolute Gasteiger partial charge is 0.496 e. The third-order valence-electron chi connectivity index (χ3n) is 6.76. The predicted molar refractivity (Wildman–Crippen MR) is 153 cm³/mol. The predicted octanol–water partition coefficient (Wildman–Crippen LogP) is 3.81. The molecule has 12 heteroatoms. The number of nitrogens with zero attached hydrogens (tertiary/aromatic N) is 3. The average molecular weight is 587 g/mol. The van der Waals surface area contributed by atoms with Crippen molar-refractivity contribution in [3.63, 3.8) is 0 Å². The van der Waals surface area contributed by atoms with Crippen LogP contribution in [0.1, 0.15) is 56.2 Å². The normalized spacial score (nSPS) is 13.7. The Labute approximate surface area is 239 Å². The van der Waals surface area contributed by atoms with Crippen molar-refractivity contribution < 1.29 is 27.5 Å². The first-order valence-corrected chi connectivity index (χ1v) is 15.4. The van der Waals surface area contributed by atoms with E-state index in [4.69, 9.17) is 9.47 Å². The maximum absolute atomic E-state index is 13.7. The molecule has 1 N–H and O–H groups in total. The number of rotatable bonds is 12. The molecular formula is C28H34N4O6S2. The van der Waals surface area contributed by atoms with Crippen LogP contribution in [0.25, 0.3) is 0 Å². The lowest BCUT2D eigenvalue weighted by Gasteiger charge is -2.23. The average Bonchev–Trinajstić information content (AvgIpc) is 3.66. The fourth-order valence-corrected chi connectivity index (χ4v) is 6.57. The Morgan fingerprint density at radius 1 is 1.07 bits per heavy atom. The van der Waals surface area contributed by atoms with Gasteiger partial charge in [0.05, 0.1) is 20.8 Å². The van der Waals surface area contributed by atoms with E-state index in [1.807, 2.05) is 37.3 Å². The number of aryl methyl sites for hydroxylation is 1. The van der Waals surface area contributed by atoms with E-state index < -0.39 is 16.1 Å². The van der Waals surface area contributed by atoms with Gasteiger partial charge in [0.25, 0.3) is 11.8 Å². The van der Waals surface area contributed by atoms with Crippen molar-refractivity contribution in [1.82, 2.24) is 18.9 Å². The highest BCUT2D eigenvalue weighted by Gasteiger charge is 2.28. The van der Waals surface area contributed by atoms with Gasteiger partial charge in [0, 0.05) is 36.1 Å². The van der Waals surface area contributed by atoms with Crippen LogP contribution >= 0.6 is 11.3 Å². The number of nitrogens with one attached hydrogen (secondary N) is 1. The first kappa shape index (κ1) is 29.5. The fraction of sp³-hybridized carbons (Fsp3) is 0.393. The monoisotopic (exact) mass is 586 g/mol. The first-order valence-electron chi connectivity index (χ1n) is 13.0. The Hall–Kier alpha value is -3.48. The molecule has 0 radical (unpaired) electrons. The molecule has 4 rings (SSSR count). The molecule has 1 aromatic heterocycles. The van der Waals surface area contributed by atoms with Crippen LogP contribution < -0.4 is 14.2 Å². The Bertz CT molecular complexity index is 1410. The Morgan fingerprint density at radius 2 is 1.73 bits per heavy atom. The third kappa shape index (κ3) is 7.18. The zero-order valence-electron chi connectivity index (χ0n) is 22.9. The van der Waals surface area contributed by atoms with Gasteiger partial charge in [-0.1, -0.05) is 30.3 Å². The molecule has 1 aliphatic heterocycles. The summed E-state index contributed by atoms with van der Waals surface area (Å²) in [4.78, 5) is 32.5. The topological polar surface area (TPSA) is 118 Å². The minimum atomic E-state index is -3.92. The summed E-state index contributed by atoms with van der Waals surface area (Å²) in [6.07, 6.45) is 3.03. The lowest BCUT2D eigenvalue weighted by molar-refractivity contribution is 0.0740. The number of methoxy groups -OCH3 is 2. The summed E-state index contributed by atoms with van der Waals surface area (Å²) in [5.41, 5.74) is 2.36. The second-order valence-corrected chi connectivity index (χ2v) is 12.1. The molecule has 40 heavy (non-hydrogen) atoms. The minimum absolute atomic E-state index is 0.00173. The van der Waals surface area contributed by atoms with Crippen molar-refractivity contribution in [2.45, 2.75) is 39.2 Å². The van der Waals surface area contributed by atoms with Crippen LogP contribution in [0, 0.1) is 6.92 Å². The standard InChI is InChI=1S/C28H34N4O6S2/c1-20-24(37-2)16-22(17-25(20)38-3)28(34)31(13-9-12-21-10-5-4-6-11-21)18-26-29-23(19-39-26)27(33)30-40(35,36)32-14-7-8-15-32/h4-6,10-11,16-17,19H,7-9,12-15,18H2,1-3H3,(H,30,33). The SMILES string of the molecule is COc1cc(C(=O)N(CCCc2ccccc2)Cc2nc(C(=O)NS(=O)(=O)N3CCCC3)cs2)cc(OC)c1C. The van der Waals surface area contributed by atoms with Gasteiger partial charge in [-0.25, -0.2) is 9.71 Å². The van der Waals surface area contributed by atoms with E-state index in [2.05, 4.69) is 9.71 Å². The Morgan fingerprint density at radius 3 is 2.35 bits per heavy atom. The fourth-order valence-electron chi connectivity index (χ4n) is 4.58. The van der Waals surface area contributed by atoms with Crippen LogP contribution in [0.4, 0.5) is 0 Å². The number of hydrogen-bond donors (Lipinski definition) is 1. The summed E-state index contributed by atoms with van der Waals surface area (Å²) in [6, 6.07) is 13.4. The number of carbonyl (C=O) groups excluding carboxylic acids is 2. The maximum Gasteiger partial charge on any atom is 0.304 e. The smallest absolute Gasteiger partial charge is 0.304 e. The molecule has 10 nitrogen and oxygen atoms in total. The Kier molecular flexibility index (Phi) is 9.77. The molecule has 0 spiro atoms. The van der Waals surface area contributed by atoms with Crippen LogP contribution in [0.5, 0.6) is 11.5 Å². The van der Waals surface area contributed by atoms with Crippen LogP contribution in [0.3, 0.4) is 0 Å². The minimum Gasteiger partial charge on any atom is -0.496 e. The molecular weight excluding hydrogens is 552 g/mol. The molecule has 1 fully saturated rings. The molecule has 1 saturated heterocycles. The van der Waals surface area contributed by atoms with Crippen molar-refractivity contribution in [3.8, 4) is 11.5 Å². The van der Waals surface area contributed by atoms with Gasteiger partial charge >= 0.3 is 10.2 Å². The number of ether oxygens (including phenoxy) is 2. The van der Waals surface area contributed by atoms with Gasteiger partial charge in [0.2, 0.25) is 0 Å². The molecule has 1 aliphatic rings. The van der Waals surface area contributed by atoms with Gasteiger partial charge < -0.3 is 14.4 Å². The van der Waals surface area contributed by atoms with Gasteiger partial charge in [-0.2, -0.15) is 12.7 Å². The van der Waals surface area contributed by atoms with E-state index in [0.717, 1.165) is 24.8 Å². The summed E-state index contributed by atoms with van der Waals surface area (Å²) in [5, 5.41) is 2.03. The quantitative estimate of drug-likeness (QED) is 0.343. The molecule has 0 bridgehead atoms. The Balaban J connectivity index is 1.52. The van der Waals surface area contributed by atoms with E-state index in [1.54, 1.807) is 31.3 Å². The van der Waals surface area contributed by atoms with Gasteiger partial charge in [0.15, 0.2) is 0 Å². The van der Waals surface area contributed by atoms with Crippen LogP contribution in [-0.2, 0) is 23.2 Å². The van der Waals surface area contributed by atoms with Crippen LogP contribution in [-0.4, -0.2) is 68.3 Å². The zero-order valence-corrected chi connectivity index (χ0v) is 24.5. The highest BCUT2D eigenvalue weighted by atomic mass is 32.2. The van der Waals surface area contributed by atoms with E-state index in [1.165, 1.54) is 26.6 Å². The molecule has 2 aromatic carbocycles. The summed E-state index contributed by atoms with van der Waals surface area (Å²) >= 11 is 1.20. The summed E-state index contributed by atoms with van der Waals surface area (Å²) in [5.74, 6) is 0.0607. The second kappa shape index (κ2) is 13.2. The zero-order chi connectivity index (χ0) is 28.7. The summed E-state index contributed by atoms with van der Waals surface area (Å²) in [7, 11) is -0.833. The molecule has 214 valence electrons. The number of carbonyl (C=O) groups is 2. The van der Waals surface area contributed by atoms with Crippen molar-refractivity contribution >= 4 is 33.4 Å². The van der Waals surface area contributed by atoms with Gasteiger partial charge in [-0.3, -0.25) is 9.59 Å². The van der Waals surface area contributed by atoms with E-state index in [0.29, 0.717) is 48.1 Å². The lowest BCUT2D eigenvalue weighted by Crippen LogP contribution is -2.42. The van der Waals surface area contributed by atoms with Crippen LogP contribution in [0.2, 0.25) is 0 Å². The lowest BCUT2D eigenvalue weighted by atomic mass is 10.1. The highest BCUT2D eigenvalue weighted by molar-refractivity contribution is 7.87. The van der Waals surface area contributed by atoms with Crippen LogP contribution in [0.15, 0.2) is 47.8 Å². The number of benzene rings is 2. The van der Waals surface area contributed by atoms with Crippen molar-refractivity contribution in [1.29, 1.82) is 0 Å². The van der Waals surface area contributed by atoms with E-state index in [-0.39, 0.29) is 18.1 Å². The molecule has 0 saturated carbocycles. The summed E-state index contributed by atoms with van der Waals surface area (Å²) in [6.45, 7) is 3.23. The molecule has 0 unspecified atom stereocenters. The van der Waals surface area contributed by atoms with Crippen molar-refractivity contribution in [2.24, 2.45) is 0 Å². The molecule has 0 aliphatic carbocycles. The number of hydrogen-bond acceptors (Lipinski definition) is 8. The van der Waals surface area contributed by atoms with Gasteiger partial charge in [-0.05, 0) is 50.3 Å². The van der Waals surface area contributed by atoms with Gasteiger partial charge in [-0.15, -0.1) is 11.3 Å². The van der Waals surface area contributed by atoms with E-state index in [9.17, 15) is 18.0 Å².